The lowest BCUT2D eigenvalue weighted by Gasteiger charge is -2.61. The van der Waals surface area contributed by atoms with Crippen LogP contribution in [0, 0.1) is 17.3 Å². The molecule has 0 saturated heterocycles. The van der Waals surface area contributed by atoms with Crippen molar-refractivity contribution in [1.82, 2.24) is 0 Å². The van der Waals surface area contributed by atoms with E-state index >= 15 is 0 Å². The van der Waals surface area contributed by atoms with Crippen molar-refractivity contribution >= 4 is 21.9 Å². The Morgan fingerprint density at radius 1 is 1.31 bits per heavy atom. The van der Waals surface area contributed by atoms with Crippen LogP contribution in [0.5, 0.6) is 0 Å². The van der Waals surface area contributed by atoms with Gasteiger partial charge in [0.2, 0.25) is 0 Å². The number of halogens is 1. The highest BCUT2D eigenvalue weighted by Gasteiger charge is 2.59. The molecule has 4 saturated carbocycles. The van der Waals surface area contributed by atoms with E-state index in [0.717, 1.165) is 19.3 Å². The SMILES string of the molecule is N[C@@H](C(=O)O)C12C[C@@H]3C[C@@H](CC(Br)(C3)C1)C2. The maximum atomic E-state index is 11.2. The molecule has 4 aliphatic carbocycles. The van der Waals surface area contributed by atoms with E-state index < -0.39 is 12.0 Å². The third kappa shape index (κ3) is 1.46. The molecule has 4 rings (SSSR count). The first-order valence-electron chi connectivity index (χ1n) is 6.10. The van der Waals surface area contributed by atoms with E-state index in [1.165, 1.54) is 19.3 Å². The first-order valence-corrected chi connectivity index (χ1v) is 6.89. The number of alkyl halides is 1. The van der Waals surface area contributed by atoms with E-state index in [-0.39, 0.29) is 9.74 Å². The Morgan fingerprint density at radius 2 is 1.88 bits per heavy atom. The molecule has 0 amide bonds. The average Bonchev–Trinajstić information content (AvgIpc) is 2.12. The van der Waals surface area contributed by atoms with Crippen LogP contribution in [0.2, 0.25) is 0 Å². The number of aliphatic carboxylic acids is 1. The molecular formula is C12H18BrNO2. The number of rotatable bonds is 2. The van der Waals surface area contributed by atoms with Gasteiger partial charge in [0.25, 0.3) is 0 Å². The van der Waals surface area contributed by atoms with E-state index in [2.05, 4.69) is 15.9 Å². The minimum atomic E-state index is -0.821. The Morgan fingerprint density at radius 3 is 2.31 bits per heavy atom. The Bertz CT molecular complexity index is 330. The van der Waals surface area contributed by atoms with Gasteiger partial charge in [0.1, 0.15) is 6.04 Å². The first-order chi connectivity index (χ1) is 7.42. The van der Waals surface area contributed by atoms with Crippen molar-refractivity contribution in [2.45, 2.75) is 48.9 Å². The molecule has 0 aromatic carbocycles. The van der Waals surface area contributed by atoms with Crippen LogP contribution in [0.15, 0.2) is 0 Å². The Kier molecular flexibility index (Phi) is 2.22. The molecule has 4 heteroatoms. The monoisotopic (exact) mass is 287 g/mol. The molecule has 5 atom stereocenters. The maximum Gasteiger partial charge on any atom is 0.321 e. The maximum absolute atomic E-state index is 11.2. The second-order valence-corrected chi connectivity index (χ2v) is 7.97. The molecule has 4 aliphatic rings. The van der Waals surface area contributed by atoms with Gasteiger partial charge < -0.3 is 10.8 Å². The fourth-order valence-corrected chi connectivity index (χ4v) is 6.32. The van der Waals surface area contributed by atoms with Gasteiger partial charge in [-0.3, -0.25) is 4.79 Å². The lowest BCUT2D eigenvalue weighted by molar-refractivity contribution is -0.147. The second kappa shape index (κ2) is 3.22. The van der Waals surface area contributed by atoms with Gasteiger partial charge in [0, 0.05) is 4.32 Å². The van der Waals surface area contributed by atoms with E-state index in [1.807, 2.05) is 0 Å². The molecule has 16 heavy (non-hydrogen) atoms. The summed E-state index contributed by atoms with van der Waals surface area (Å²) in [5.41, 5.74) is 5.83. The zero-order valence-electron chi connectivity index (χ0n) is 9.29. The van der Waals surface area contributed by atoms with E-state index in [1.54, 1.807) is 0 Å². The van der Waals surface area contributed by atoms with E-state index in [9.17, 15) is 9.90 Å². The quantitative estimate of drug-likeness (QED) is 0.765. The van der Waals surface area contributed by atoms with E-state index in [0.29, 0.717) is 11.8 Å². The average molecular weight is 288 g/mol. The molecule has 0 heterocycles. The van der Waals surface area contributed by atoms with Gasteiger partial charge in [-0.05, 0) is 55.8 Å². The van der Waals surface area contributed by atoms with Crippen LogP contribution in [0.4, 0.5) is 0 Å². The standard InChI is InChI=1S/C12H18BrNO2/c13-12-4-7-1-8(5-12)3-11(2-7,6-12)9(14)10(15)16/h7-9H,1-6,14H2,(H,15,16)/t7-,8+,9-,11?,12?/m0/s1. The summed E-state index contributed by atoms with van der Waals surface area (Å²) in [6, 6.07) is -0.671. The van der Waals surface area contributed by atoms with Crippen LogP contribution in [0.1, 0.15) is 38.5 Å². The minimum Gasteiger partial charge on any atom is -0.480 e. The Labute approximate surface area is 104 Å². The molecule has 0 spiro atoms. The summed E-state index contributed by atoms with van der Waals surface area (Å²) in [5, 5.41) is 9.19. The first kappa shape index (κ1) is 11.0. The lowest BCUT2D eigenvalue weighted by Crippen LogP contribution is -2.61. The molecule has 90 valence electrons. The van der Waals surface area contributed by atoms with Gasteiger partial charge in [-0.1, -0.05) is 15.9 Å². The highest BCUT2D eigenvalue weighted by Crippen LogP contribution is 2.65. The summed E-state index contributed by atoms with van der Waals surface area (Å²) in [7, 11) is 0. The van der Waals surface area contributed by atoms with Gasteiger partial charge >= 0.3 is 5.97 Å². The van der Waals surface area contributed by atoms with Crippen LogP contribution >= 0.6 is 15.9 Å². The molecule has 3 nitrogen and oxygen atoms in total. The summed E-state index contributed by atoms with van der Waals surface area (Å²) < 4.78 is 0.199. The molecule has 2 unspecified atom stereocenters. The van der Waals surface area contributed by atoms with Gasteiger partial charge in [-0.25, -0.2) is 0 Å². The number of hydrogen-bond donors (Lipinski definition) is 2. The molecule has 4 fully saturated rings. The van der Waals surface area contributed by atoms with Crippen molar-refractivity contribution in [3.05, 3.63) is 0 Å². The summed E-state index contributed by atoms with van der Waals surface area (Å²) in [6.45, 7) is 0. The molecular weight excluding hydrogens is 270 g/mol. The zero-order chi connectivity index (χ0) is 11.6. The fourth-order valence-electron chi connectivity index (χ4n) is 4.85. The molecule has 0 radical (unpaired) electrons. The number of carboxylic acids is 1. The minimum absolute atomic E-state index is 0.126. The third-order valence-corrected chi connectivity index (χ3v) is 5.89. The van der Waals surface area contributed by atoms with Crippen LogP contribution in [0.3, 0.4) is 0 Å². The topological polar surface area (TPSA) is 63.3 Å². The predicted octanol–water partition coefficient (Wildman–Crippen LogP) is 2.13. The van der Waals surface area contributed by atoms with Crippen LogP contribution in [-0.2, 0) is 4.79 Å². The Balaban J connectivity index is 1.94. The summed E-state index contributed by atoms with van der Waals surface area (Å²) in [6.07, 6.45) is 6.76. The highest BCUT2D eigenvalue weighted by molar-refractivity contribution is 9.10. The Hall–Kier alpha value is -0.0900. The summed E-state index contributed by atoms with van der Waals surface area (Å²) in [4.78, 5) is 11.2. The molecule has 0 aromatic heterocycles. The van der Waals surface area contributed by atoms with Gasteiger partial charge in [0.15, 0.2) is 0 Å². The molecule has 4 bridgehead atoms. The highest BCUT2D eigenvalue weighted by atomic mass is 79.9. The second-order valence-electron chi connectivity index (χ2n) is 6.29. The fraction of sp³-hybridized carbons (Fsp3) is 0.917. The van der Waals surface area contributed by atoms with Crippen molar-refractivity contribution in [2.75, 3.05) is 0 Å². The zero-order valence-corrected chi connectivity index (χ0v) is 10.9. The van der Waals surface area contributed by atoms with Crippen molar-refractivity contribution < 1.29 is 9.90 Å². The van der Waals surface area contributed by atoms with E-state index in [4.69, 9.17) is 5.73 Å². The summed E-state index contributed by atoms with van der Waals surface area (Å²) in [5.74, 6) is 0.579. The van der Waals surface area contributed by atoms with Gasteiger partial charge in [-0.15, -0.1) is 0 Å². The van der Waals surface area contributed by atoms with Gasteiger partial charge in [0.05, 0.1) is 0 Å². The number of hydrogen-bond acceptors (Lipinski definition) is 2. The van der Waals surface area contributed by atoms with Crippen molar-refractivity contribution in [2.24, 2.45) is 23.0 Å². The predicted molar refractivity (Wildman–Crippen MR) is 64.4 cm³/mol. The van der Waals surface area contributed by atoms with Crippen molar-refractivity contribution in [3.8, 4) is 0 Å². The smallest absolute Gasteiger partial charge is 0.321 e. The largest absolute Gasteiger partial charge is 0.480 e. The van der Waals surface area contributed by atoms with Crippen LogP contribution in [-0.4, -0.2) is 21.4 Å². The lowest BCUT2D eigenvalue weighted by atomic mass is 9.47. The molecule has 3 N–H and O–H groups in total. The number of nitrogens with two attached hydrogens (primary N) is 1. The normalized spacial score (nSPS) is 51.6. The van der Waals surface area contributed by atoms with Crippen LogP contribution in [0.25, 0.3) is 0 Å². The molecule has 0 aromatic rings. The molecule has 0 aliphatic heterocycles. The number of carboxylic acid groups (broad SMARTS) is 1. The van der Waals surface area contributed by atoms with Crippen LogP contribution < -0.4 is 5.73 Å². The van der Waals surface area contributed by atoms with Crippen molar-refractivity contribution in [3.63, 3.8) is 0 Å². The third-order valence-electron chi connectivity index (χ3n) is 4.96. The van der Waals surface area contributed by atoms with Gasteiger partial charge in [-0.2, -0.15) is 0 Å². The number of carbonyl (C=O) groups is 1. The van der Waals surface area contributed by atoms with Crippen molar-refractivity contribution in [1.29, 1.82) is 0 Å². The summed E-state index contributed by atoms with van der Waals surface area (Å²) >= 11 is 3.86.